The summed E-state index contributed by atoms with van der Waals surface area (Å²) in [5.74, 6) is 2.63. The first-order chi connectivity index (χ1) is 20.5. The van der Waals surface area contributed by atoms with Gasteiger partial charge in [0.25, 0.3) is 5.91 Å². The Balaban J connectivity index is 1.30. The molecule has 8 rings (SSSR count). The van der Waals surface area contributed by atoms with Crippen LogP contribution in [0.15, 0.2) is 54.9 Å². The lowest BCUT2D eigenvalue weighted by Crippen LogP contribution is -2.41. The molecule has 216 valence electrons. The van der Waals surface area contributed by atoms with E-state index in [1.54, 1.807) is 7.11 Å². The number of fused-ring (bicyclic) bond motifs is 4. The maximum absolute atomic E-state index is 13.8. The molecule has 0 radical (unpaired) electrons. The van der Waals surface area contributed by atoms with Gasteiger partial charge in [0.2, 0.25) is 0 Å². The molecule has 2 saturated carbocycles. The Morgan fingerprint density at radius 3 is 2.67 bits per heavy atom. The number of rotatable bonds is 8. The average Bonchev–Trinajstić information content (AvgIpc) is 3.32. The van der Waals surface area contributed by atoms with Gasteiger partial charge in [-0.25, -0.2) is 4.98 Å². The minimum Gasteiger partial charge on any atom is -0.494 e. The van der Waals surface area contributed by atoms with Gasteiger partial charge in [0, 0.05) is 59.9 Å². The van der Waals surface area contributed by atoms with Crippen LogP contribution in [0.5, 0.6) is 5.75 Å². The fourth-order valence-corrected chi connectivity index (χ4v) is 7.30. The maximum Gasteiger partial charge on any atom is 0.254 e. The quantitative estimate of drug-likeness (QED) is 0.290. The summed E-state index contributed by atoms with van der Waals surface area (Å²) in [6.07, 6.45) is 8.63. The zero-order valence-electron chi connectivity index (χ0n) is 24.2. The van der Waals surface area contributed by atoms with E-state index in [1.807, 2.05) is 27.9 Å². The molecule has 1 amide bonds. The lowest BCUT2D eigenvalue weighted by Gasteiger charge is -2.27. The third-order valence-corrected chi connectivity index (χ3v) is 9.72. The molecule has 3 atom stereocenters. The summed E-state index contributed by atoms with van der Waals surface area (Å²) in [6.45, 7) is 5.19. The lowest BCUT2D eigenvalue weighted by atomic mass is 10.1. The van der Waals surface area contributed by atoms with Gasteiger partial charge in [0.05, 0.1) is 31.1 Å². The second kappa shape index (κ2) is 9.73. The SMILES string of the molecule is CCn1cc(Cn2c(-c3cc4ccccc4n3CC3CC3)nc3cc(C(=O)N4CC5CCC4C5N)cc(OC)c32)cn1. The summed E-state index contributed by atoms with van der Waals surface area (Å²) in [7, 11) is 1.67. The molecule has 3 aromatic heterocycles. The van der Waals surface area contributed by atoms with E-state index in [2.05, 4.69) is 57.7 Å². The van der Waals surface area contributed by atoms with Crippen molar-refractivity contribution < 1.29 is 9.53 Å². The van der Waals surface area contributed by atoms with E-state index >= 15 is 0 Å². The van der Waals surface area contributed by atoms with E-state index in [1.165, 1.54) is 23.7 Å². The van der Waals surface area contributed by atoms with Crippen molar-refractivity contribution in [2.45, 2.75) is 64.3 Å². The Hall–Kier alpha value is -4.11. The van der Waals surface area contributed by atoms with Gasteiger partial charge in [-0.05, 0) is 68.7 Å². The first-order valence-electron chi connectivity index (χ1n) is 15.3. The number of carbonyl (C=O) groups is 1. The second-order valence-corrected chi connectivity index (χ2v) is 12.4. The normalized spacial score (nSPS) is 21.7. The molecule has 1 aliphatic heterocycles. The second-order valence-electron chi connectivity index (χ2n) is 12.4. The van der Waals surface area contributed by atoms with Crippen molar-refractivity contribution in [1.82, 2.24) is 28.8 Å². The Morgan fingerprint density at radius 1 is 1.10 bits per heavy atom. The van der Waals surface area contributed by atoms with Gasteiger partial charge < -0.3 is 24.5 Å². The monoisotopic (exact) mass is 563 g/mol. The number of likely N-dealkylation sites (tertiary alicyclic amines) is 1. The van der Waals surface area contributed by atoms with Gasteiger partial charge in [-0.2, -0.15) is 5.10 Å². The van der Waals surface area contributed by atoms with Crippen LogP contribution in [0.3, 0.4) is 0 Å². The van der Waals surface area contributed by atoms with Crippen LogP contribution in [0, 0.1) is 11.8 Å². The molecule has 3 aliphatic rings. The van der Waals surface area contributed by atoms with E-state index in [0.717, 1.165) is 60.6 Å². The molecule has 2 bridgehead atoms. The zero-order chi connectivity index (χ0) is 28.5. The number of nitrogens with zero attached hydrogens (tertiary/aromatic N) is 6. The van der Waals surface area contributed by atoms with Crippen LogP contribution < -0.4 is 10.5 Å². The number of aromatic nitrogens is 5. The molecule has 0 spiro atoms. The Kier molecular flexibility index (Phi) is 5.93. The molecule has 3 unspecified atom stereocenters. The summed E-state index contributed by atoms with van der Waals surface area (Å²) in [6, 6.07) is 14.8. The maximum atomic E-state index is 13.8. The van der Waals surface area contributed by atoms with Crippen molar-refractivity contribution in [2.24, 2.45) is 17.6 Å². The van der Waals surface area contributed by atoms with Gasteiger partial charge in [0.1, 0.15) is 11.3 Å². The zero-order valence-corrected chi connectivity index (χ0v) is 24.2. The summed E-state index contributed by atoms with van der Waals surface area (Å²) < 4.78 is 12.6. The Bertz CT molecular complexity index is 1830. The van der Waals surface area contributed by atoms with E-state index in [9.17, 15) is 4.79 Å². The van der Waals surface area contributed by atoms with Crippen molar-refractivity contribution in [2.75, 3.05) is 13.7 Å². The summed E-state index contributed by atoms with van der Waals surface area (Å²) in [5.41, 5.74) is 12.1. The summed E-state index contributed by atoms with van der Waals surface area (Å²) in [5, 5.41) is 5.74. The number of amides is 1. The average molecular weight is 564 g/mol. The number of hydrogen-bond acceptors (Lipinski definition) is 5. The van der Waals surface area contributed by atoms with Crippen LogP contribution in [0.4, 0.5) is 0 Å². The molecule has 2 aliphatic carbocycles. The molecule has 9 nitrogen and oxygen atoms in total. The van der Waals surface area contributed by atoms with Gasteiger partial charge in [0.15, 0.2) is 5.82 Å². The molecule has 4 heterocycles. The molecule has 5 aromatic rings. The van der Waals surface area contributed by atoms with Crippen LogP contribution in [0.1, 0.15) is 48.5 Å². The largest absolute Gasteiger partial charge is 0.494 e. The lowest BCUT2D eigenvalue weighted by molar-refractivity contribution is 0.0700. The fraction of sp³-hybridized carbons (Fsp3) is 0.424. The molecular weight excluding hydrogens is 526 g/mol. The number of aryl methyl sites for hydroxylation is 1. The van der Waals surface area contributed by atoms with Gasteiger partial charge in [-0.1, -0.05) is 18.2 Å². The molecule has 2 aromatic carbocycles. The van der Waals surface area contributed by atoms with Crippen LogP contribution in [0.2, 0.25) is 0 Å². The number of imidazole rings is 1. The third kappa shape index (κ3) is 4.05. The van der Waals surface area contributed by atoms with Crippen LogP contribution >= 0.6 is 0 Å². The Morgan fingerprint density at radius 2 is 1.95 bits per heavy atom. The summed E-state index contributed by atoms with van der Waals surface area (Å²) >= 11 is 0. The van der Waals surface area contributed by atoms with Gasteiger partial charge in [-0.15, -0.1) is 0 Å². The van der Waals surface area contributed by atoms with Gasteiger partial charge in [-0.3, -0.25) is 9.48 Å². The van der Waals surface area contributed by atoms with Crippen molar-refractivity contribution in [3.05, 3.63) is 66.0 Å². The van der Waals surface area contributed by atoms with Crippen molar-refractivity contribution in [3.63, 3.8) is 0 Å². The summed E-state index contributed by atoms with van der Waals surface area (Å²) in [4.78, 5) is 21.1. The number of ether oxygens (including phenoxy) is 1. The highest BCUT2D eigenvalue weighted by atomic mass is 16.5. The Labute approximate surface area is 244 Å². The highest BCUT2D eigenvalue weighted by Crippen LogP contribution is 2.40. The molecule has 1 saturated heterocycles. The first-order valence-corrected chi connectivity index (χ1v) is 15.3. The highest BCUT2D eigenvalue weighted by Gasteiger charge is 2.47. The predicted octanol–water partition coefficient (Wildman–Crippen LogP) is 4.90. The predicted molar refractivity (Wildman–Crippen MR) is 162 cm³/mol. The first kappa shape index (κ1) is 25.6. The molecule has 3 fully saturated rings. The highest BCUT2D eigenvalue weighted by molar-refractivity contribution is 6.00. The van der Waals surface area contributed by atoms with Crippen LogP contribution in [0.25, 0.3) is 33.5 Å². The van der Waals surface area contributed by atoms with E-state index in [4.69, 9.17) is 15.5 Å². The van der Waals surface area contributed by atoms with Crippen molar-refractivity contribution in [1.29, 1.82) is 0 Å². The number of carbonyl (C=O) groups excluding carboxylic acids is 1. The molecular formula is C33H37N7O2. The van der Waals surface area contributed by atoms with Crippen LogP contribution in [-0.4, -0.2) is 60.4 Å². The van der Waals surface area contributed by atoms with E-state index in [-0.39, 0.29) is 18.0 Å². The van der Waals surface area contributed by atoms with Crippen LogP contribution in [-0.2, 0) is 19.6 Å². The van der Waals surface area contributed by atoms with E-state index < -0.39 is 0 Å². The number of piperidine rings is 1. The van der Waals surface area contributed by atoms with Gasteiger partial charge >= 0.3 is 0 Å². The minimum absolute atomic E-state index is 0.0148. The molecule has 42 heavy (non-hydrogen) atoms. The molecule has 9 heteroatoms. The number of methoxy groups -OCH3 is 1. The standard InChI is InChI=1S/C33H37N7O2/c1-3-37-16-21(15-35-37)18-40-31-25(12-24(14-29(31)42-2)33(41)39-19-23-10-11-27(39)30(23)34)36-32(40)28-13-22-6-4-5-7-26(22)38(28)17-20-8-9-20/h4-7,12-16,20,23,27,30H,3,8-11,17-19,34H2,1-2H3. The third-order valence-electron chi connectivity index (χ3n) is 9.72. The molecule has 2 N–H and O–H groups in total. The number of hydrogen-bond donors (Lipinski definition) is 1. The number of nitrogens with two attached hydrogens (primary N) is 1. The van der Waals surface area contributed by atoms with Crippen molar-refractivity contribution in [3.8, 4) is 17.3 Å². The van der Waals surface area contributed by atoms with Crippen molar-refractivity contribution >= 4 is 27.8 Å². The topological polar surface area (TPSA) is 96.1 Å². The number of benzene rings is 2. The fourth-order valence-electron chi connectivity index (χ4n) is 7.30. The minimum atomic E-state index is 0.0148. The van der Waals surface area contributed by atoms with E-state index in [0.29, 0.717) is 29.7 Å². The smallest absolute Gasteiger partial charge is 0.254 e. The number of para-hydroxylation sites is 1.